The van der Waals surface area contributed by atoms with Gasteiger partial charge in [-0.3, -0.25) is 9.59 Å². The Balaban J connectivity index is 1.74. The monoisotopic (exact) mass is 403 g/mol. The molecule has 0 aliphatic rings. The summed E-state index contributed by atoms with van der Waals surface area (Å²) in [5.41, 5.74) is 4.88. The fourth-order valence-corrected chi connectivity index (χ4v) is 2.32. The van der Waals surface area contributed by atoms with Gasteiger partial charge in [0.25, 0.3) is 0 Å². The van der Waals surface area contributed by atoms with Crippen LogP contribution in [0.5, 0.6) is 5.75 Å². The van der Waals surface area contributed by atoms with Crippen LogP contribution in [0.15, 0.2) is 52.0 Å². The van der Waals surface area contributed by atoms with E-state index < -0.39 is 0 Å². The van der Waals surface area contributed by atoms with E-state index in [-0.39, 0.29) is 30.4 Å². The molecule has 0 saturated carbocycles. The van der Waals surface area contributed by atoms with Crippen LogP contribution in [0.4, 0.5) is 5.69 Å². The molecule has 2 aromatic carbocycles. The van der Waals surface area contributed by atoms with Crippen molar-refractivity contribution in [3.63, 3.8) is 0 Å². The third-order valence-electron chi connectivity index (χ3n) is 3.29. The minimum absolute atomic E-state index is 0.0360. The van der Waals surface area contributed by atoms with Gasteiger partial charge >= 0.3 is 0 Å². The Labute approximate surface area is 154 Å². The molecule has 0 heterocycles. The first kappa shape index (κ1) is 18.7. The molecule has 0 saturated heterocycles. The summed E-state index contributed by atoms with van der Waals surface area (Å²) in [7, 11) is 0. The number of hydrogen-bond donors (Lipinski definition) is 3. The first-order valence-corrected chi connectivity index (χ1v) is 8.40. The SMILES string of the molecule is Cc1ccc(NC(=O)CCC(=O)N/N=C/c2ccc(O)c(Br)c2)cc1. The maximum absolute atomic E-state index is 11.8. The van der Waals surface area contributed by atoms with Gasteiger partial charge in [-0.05, 0) is 58.7 Å². The van der Waals surface area contributed by atoms with Gasteiger partial charge in [-0.15, -0.1) is 0 Å². The van der Waals surface area contributed by atoms with E-state index in [9.17, 15) is 14.7 Å². The topological polar surface area (TPSA) is 90.8 Å². The molecule has 0 spiro atoms. The number of nitrogens with one attached hydrogen (secondary N) is 2. The minimum Gasteiger partial charge on any atom is -0.507 e. The van der Waals surface area contributed by atoms with Crippen molar-refractivity contribution < 1.29 is 14.7 Å². The Morgan fingerprint density at radius 1 is 1.12 bits per heavy atom. The average molecular weight is 404 g/mol. The van der Waals surface area contributed by atoms with Gasteiger partial charge in [0.05, 0.1) is 10.7 Å². The lowest BCUT2D eigenvalue weighted by Gasteiger charge is -2.05. The van der Waals surface area contributed by atoms with Gasteiger partial charge in [0.15, 0.2) is 0 Å². The molecule has 0 radical (unpaired) electrons. The fraction of sp³-hybridized carbons (Fsp3) is 0.167. The third-order valence-corrected chi connectivity index (χ3v) is 3.92. The minimum atomic E-state index is -0.354. The van der Waals surface area contributed by atoms with Crippen molar-refractivity contribution in [2.45, 2.75) is 19.8 Å². The molecule has 0 atom stereocenters. The Bertz CT molecular complexity index is 789. The number of rotatable bonds is 6. The van der Waals surface area contributed by atoms with Crippen LogP contribution in [0.25, 0.3) is 0 Å². The number of halogens is 1. The van der Waals surface area contributed by atoms with E-state index >= 15 is 0 Å². The van der Waals surface area contributed by atoms with Crippen molar-refractivity contribution >= 4 is 39.6 Å². The van der Waals surface area contributed by atoms with Gasteiger partial charge in [0.1, 0.15) is 5.75 Å². The number of hydrogen-bond acceptors (Lipinski definition) is 4. The van der Waals surface area contributed by atoms with Gasteiger partial charge in [-0.1, -0.05) is 17.7 Å². The van der Waals surface area contributed by atoms with E-state index in [0.29, 0.717) is 15.7 Å². The molecule has 0 aliphatic carbocycles. The lowest BCUT2D eigenvalue weighted by atomic mass is 10.2. The van der Waals surface area contributed by atoms with Gasteiger partial charge in [-0.25, -0.2) is 5.43 Å². The lowest BCUT2D eigenvalue weighted by molar-refractivity contribution is -0.124. The van der Waals surface area contributed by atoms with E-state index in [1.165, 1.54) is 12.3 Å². The third kappa shape index (κ3) is 6.39. The molecule has 0 aliphatic heterocycles. The smallest absolute Gasteiger partial charge is 0.240 e. The number of aryl methyl sites for hydroxylation is 1. The number of carbonyl (C=O) groups is 2. The lowest BCUT2D eigenvalue weighted by Crippen LogP contribution is -2.20. The molecule has 3 N–H and O–H groups in total. The Morgan fingerprint density at radius 3 is 2.48 bits per heavy atom. The quantitative estimate of drug-likeness (QED) is 0.510. The standard InChI is InChI=1S/C18H18BrN3O3/c1-12-2-5-14(6-3-12)21-17(24)8-9-18(25)22-20-11-13-4-7-16(23)15(19)10-13/h2-7,10-11,23H,8-9H2,1H3,(H,21,24)(H,22,25)/b20-11+. The Hall–Kier alpha value is -2.67. The van der Waals surface area contributed by atoms with Crippen molar-refractivity contribution in [1.82, 2.24) is 5.43 Å². The molecule has 2 aromatic rings. The zero-order chi connectivity index (χ0) is 18.2. The van der Waals surface area contributed by atoms with Gasteiger partial charge < -0.3 is 10.4 Å². The second kappa shape index (κ2) is 8.98. The number of carbonyl (C=O) groups excluding carboxylic acids is 2. The Kier molecular flexibility index (Phi) is 6.71. The highest BCUT2D eigenvalue weighted by molar-refractivity contribution is 9.10. The zero-order valence-corrected chi connectivity index (χ0v) is 15.2. The van der Waals surface area contributed by atoms with E-state index in [1.807, 2.05) is 31.2 Å². The second-order valence-electron chi connectivity index (χ2n) is 5.42. The molecule has 2 amide bonds. The van der Waals surface area contributed by atoms with Crippen molar-refractivity contribution in [3.8, 4) is 5.75 Å². The van der Waals surface area contributed by atoms with Crippen LogP contribution in [0.2, 0.25) is 0 Å². The predicted octanol–water partition coefficient (Wildman–Crippen LogP) is 3.33. The van der Waals surface area contributed by atoms with Crippen LogP contribution in [0.3, 0.4) is 0 Å². The molecule has 7 heteroatoms. The summed E-state index contributed by atoms with van der Waals surface area (Å²) in [6.07, 6.45) is 1.56. The highest BCUT2D eigenvalue weighted by atomic mass is 79.9. The maximum atomic E-state index is 11.8. The molecule has 0 bridgehead atoms. The summed E-state index contributed by atoms with van der Waals surface area (Å²) >= 11 is 3.20. The first-order chi connectivity index (χ1) is 11.9. The Morgan fingerprint density at radius 2 is 1.80 bits per heavy atom. The number of nitrogens with zero attached hydrogens (tertiary/aromatic N) is 1. The van der Waals surface area contributed by atoms with Crippen LogP contribution in [-0.2, 0) is 9.59 Å². The molecular weight excluding hydrogens is 386 g/mol. The molecule has 2 rings (SSSR count). The number of phenolic OH excluding ortho intramolecular Hbond substituents is 1. The second-order valence-corrected chi connectivity index (χ2v) is 6.27. The van der Waals surface area contributed by atoms with Crippen molar-refractivity contribution in [2.24, 2.45) is 5.10 Å². The van der Waals surface area contributed by atoms with Crippen molar-refractivity contribution in [2.75, 3.05) is 5.32 Å². The molecule has 0 fully saturated rings. The van der Waals surface area contributed by atoms with Crippen LogP contribution in [0.1, 0.15) is 24.0 Å². The van der Waals surface area contributed by atoms with Crippen LogP contribution in [-0.4, -0.2) is 23.1 Å². The molecular formula is C18H18BrN3O3. The molecule has 130 valence electrons. The van der Waals surface area contributed by atoms with E-state index in [4.69, 9.17) is 0 Å². The van der Waals surface area contributed by atoms with Gasteiger partial charge in [0.2, 0.25) is 11.8 Å². The number of benzene rings is 2. The maximum Gasteiger partial charge on any atom is 0.240 e. The number of aromatic hydroxyl groups is 1. The van der Waals surface area contributed by atoms with E-state index in [0.717, 1.165) is 5.56 Å². The first-order valence-electron chi connectivity index (χ1n) is 7.61. The molecule has 0 unspecified atom stereocenters. The average Bonchev–Trinajstić information content (AvgIpc) is 2.58. The van der Waals surface area contributed by atoms with Crippen molar-refractivity contribution in [1.29, 1.82) is 0 Å². The fourth-order valence-electron chi connectivity index (χ4n) is 1.93. The van der Waals surface area contributed by atoms with Crippen LogP contribution in [0, 0.1) is 6.92 Å². The number of anilines is 1. The molecule has 0 aromatic heterocycles. The van der Waals surface area contributed by atoms with E-state index in [1.54, 1.807) is 12.1 Å². The summed E-state index contributed by atoms with van der Waals surface area (Å²) in [4.78, 5) is 23.5. The van der Waals surface area contributed by atoms with E-state index in [2.05, 4.69) is 31.8 Å². The summed E-state index contributed by atoms with van der Waals surface area (Å²) < 4.78 is 0.538. The number of amides is 2. The predicted molar refractivity (Wildman–Crippen MR) is 101 cm³/mol. The normalized spacial score (nSPS) is 10.6. The summed E-state index contributed by atoms with van der Waals surface area (Å²) in [6.45, 7) is 1.97. The number of phenols is 1. The molecule has 25 heavy (non-hydrogen) atoms. The largest absolute Gasteiger partial charge is 0.507 e. The molecule has 6 nitrogen and oxygen atoms in total. The number of hydrazone groups is 1. The van der Waals surface area contributed by atoms with Gasteiger partial charge in [-0.2, -0.15) is 5.10 Å². The summed E-state index contributed by atoms with van der Waals surface area (Å²) in [5.74, 6) is -0.459. The highest BCUT2D eigenvalue weighted by Crippen LogP contribution is 2.23. The van der Waals surface area contributed by atoms with Crippen LogP contribution >= 0.6 is 15.9 Å². The van der Waals surface area contributed by atoms with Crippen molar-refractivity contribution in [3.05, 3.63) is 58.1 Å². The van der Waals surface area contributed by atoms with Gasteiger partial charge in [0, 0.05) is 18.5 Å². The zero-order valence-electron chi connectivity index (χ0n) is 13.6. The summed E-state index contributed by atoms with van der Waals surface area (Å²) in [6, 6.07) is 12.3. The summed E-state index contributed by atoms with van der Waals surface area (Å²) in [5, 5.41) is 16.0. The highest BCUT2D eigenvalue weighted by Gasteiger charge is 2.06. The van der Waals surface area contributed by atoms with Crippen LogP contribution < -0.4 is 10.7 Å².